The van der Waals surface area contributed by atoms with E-state index in [2.05, 4.69) is 0 Å². The summed E-state index contributed by atoms with van der Waals surface area (Å²) >= 11 is 0. The smallest absolute Gasteiger partial charge is 0.407 e. The van der Waals surface area contributed by atoms with Crippen LogP contribution in [0.4, 0.5) is 4.79 Å². The van der Waals surface area contributed by atoms with E-state index in [9.17, 15) is 9.59 Å². The van der Waals surface area contributed by atoms with E-state index in [0.29, 0.717) is 13.0 Å². The quantitative estimate of drug-likeness (QED) is 0.559. The van der Waals surface area contributed by atoms with Gasteiger partial charge in [0.25, 0.3) is 0 Å². The molecule has 62 valence electrons. The number of likely N-dealkylation sites (tertiary alicyclic amines) is 1. The van der Waals surface area contributed by atoms with Crippen molar-refractivity contribution < 1.29 is 14.7 Å². The van der Waals surface area contributed by atoms with Crippen LogP contribution in [0.5, 0.6) is 0 Å². The fourth-order valence-electron chi connectivity index (χ4n) is 1.10. The van der Waals surface area contributed by atoms with Crippen molar-refractivity contribution in [3.63, 3.8) is 0 Å². The Morgan fingerprint density at radius 3 is 2.82 bits per heavy atom. The standard InChI is InChI=1S/C7H11NO3/c1-5-2-3-8(7(10)11)4-6(5)9/h5H,2-4H2,1H3,(H,10,11). The van der Waals surface area contributed by atoms with Gasteiger partial charge >= 0.3 is 6.09 Å². The minimum Gasteiger partial charge on any atom is -0.465 e. The number of carboxylic acid groups (broad SMARTS) is 1. The van der Waals surface area contributed by atoms with Crippen LogP contribution in [0.1, 0.15) is 13.3 Å². The summed E-state index contributed by atoms with van der Waals surface area (Å²) in [6.45, 7) is 2.39. The second-order valence-electron chi connectivity index (χ2n) is 2.86. The van der Waals surface area contributed by atoms with E-state index in [4.69, 9.17) is 5.11 Å². The Kier molecular flexibility index (Phi) is 2.12. The molecule has 1 heterocycles. The molecule has 1 aliphatic rings. The third-order valence-corrected chi connectivity index (χ3v) is 2.00. The zero-order valence-corrected chi connectivity index (χ0v) is 6.41. The zero-order valence-electron chi connectivity index (χ0n) is 6.41. The number of amides is 1. The predicted molar refractivity (Wildman–Crippen MR) is 38.4 cm³/mol. The molecule has 1 fully saturated rings. The van der Waals surface area contributed by atoms with Crippen LogP contribution in [0.25, 0.3) is 0 Å². The summed E-state index contributed by atoms with van der Waals surface area (Å²) in [5, 5.41) is 8.52. The lowest BCUT2D eigenvalue weighted by Gasteiger charge is -2.26. The van der Waals surface area contributed by atoms with E-state index < -0.39 is 6.09 Å². The molecule has 1 saturated heterocycles. The third kappa shape index (κ3) is 1.69. The van der Waals surface area contributed by atoms with Gasteiger partial charge in [-0.25, -0.2) is 4.79 Å². The molecule has 1 unspecified atom stereocenters. The van der Waals surface area contributed by atoms with Gasteiger partial charge in [0.05, 0.1) is 6.54 Å². The van der Waals surface area contributed by atoms with Crippen molar-refractivity contribution in [3.05, 3.63) is 0 Å². The highest BCUT2D eigenvalue weighted by atomic mass is 16.4. The van der Waals surface area contributed by atoms with Crippen molar-refractivity contribution in [2.24, 2.45) is 5.92 Å². The Hall–Kier alpha value is -1.06. The Morgan fingerprint density at radius 2 is 2.36 bits per heavy atom. The Balaban J connectivity index is 2.53. The lowest BCUT2D eigenvalue weighted by atomic mass is 9.98. The van der Waals surface area contributed by atoms with E-state index in [0.717, 1.165) is 4.90 Å². The van der Waals surface area contributed by atoms with Gasteiger partial charge in [-0.3, -0.25) is 4.79 Å². The molecule has 0 aromatic heterocycles. The SMILES string of the molecule is CC1CCN(C(=O)O)CC1=O. The molecule has 0 aromatic rings. The van der Waals surface area contributed by atoms with Crippen LogP contribution in [0.15, 0.2) is 0 Å². The van der Waals surface area contributed by atoms with Crippen LogP contribution in [-0.2, 0) is 4.79 Å². The number of carbonyl (C=O) groups is 2. The number of hydrogen-bond acceptors (Lipinski definition) is 2. The van der Waals surface area contributed by atoms with Gasteiger partial charge in [-0.05, 0) is 6.42 Å². The average Bonchev–Trinajstić information content (AvgIpc) is 1.94. The van der Waals surface area contributed by atoms with Gasteiger partial charge in [-0.1, -0.05) is 6.92 Å². The lowest BCUT2D eigenvalue weighted by molar-refractivity contribution is -0.125. The number of ketones is 1. The number of piperidine rings is 1. The van der Waals surface area contributed by atoms with Crippen molar-refractivity contribution >= 4 is 11.9 Å². The maximum absolute atomic E-state index is 11.0. The lowest BCUT2D eigenvalue weighted by Crippen LogP contribution is -2.42. The number of carbonyl (C=O) groups excluding carboxylic acids is 1. The van der Waals surface area contributed by atoms with Crippen molar-refractivity contribution in [2.75, 3.05) is 13.1 Å². The van der Waals surface area contributed by atoms with E-state index in [1.54, 1.807) is 0 Å². The molecule has 0 bridgehead atoms. The fraction of sp³-hybridized carbons (Fsp3) is 0.714. The zero-order chi connectivity index (χ0) is 8.43. The molecule has 1 atom stereocenters. The third-order valence-electron chi connectivity index (χ3n) is 2.00. The molecule has 0 saturated carbocycles. The van der Waals surface area contributed by atoms with Crippen molar-refractivity contribution in [2.45, 2.75) is 13.3 Å². The van der Waals surface area contributed by atoms with E-state index >= 15 is 0 Å². The summed E-state index contributed by atoms with van der Waals surface area (Å²) in [5.41, 5.74) is 0. The molecule has 1 aliphatic heterocycles. The average molecular weight is 157 g/mol. The number of nitrogens with zero attached hydrogens (tertiary/aromatic N) is 1. The van der Waals surface area contributed by atoms with Gasteiger partial charge in [0.15, 0.2) is 5.78 Å². The summed E-state index contributed by atoms with van der Waals surface area (Å²) in [6, 6.07) is 0. The first-order chi connectivity index (χ1) is 5.11. The number of hydrogen-bond donors (Lipinski definition) is 1. The van der Waals surface area contributed by atoms with E-state index in [1.165, 1.54) is 0 Å². The maximum Gasteiger partial charge on any atom is 0.407 e. The summed E-state index contributed by atoms with van der Waals surface area (Å²) in [7, 11) is 0. The molecule has 1 rings (SSSR count). The van der Waals surface area contributed by atoms with Crippen LogP contribution in [0, 0.1) is 5.92 Å². The minimum atomic E-state index is -0.995. The topological polar surface area (TPSA) is 57.6 Å². The first-order valence-corrected chi connectivity index (χ1v) is 3.62. The molecular formula is C7H11NO3. The molecular weight excluding hydrogens is 146 g/mol. The van der Waals surface area contributed by atoms with Gasteiger partial charge in [-0.2, -0.15) is 0 Å². The molecule has 0 aliphatic carbocycles. The van der Waals surface area contributed by atoms with Crippen LogP contribution in [0.3, 0.4) is 0 Å². The molecule has 4 heteroatoms. The van der Waals surface area contributed by atoms with Crippen molar-refractivity contribution in [1.29, 1.82) is 0 Å². The van der Waals surface area contributed by atoms with Gasteiger partial charge < -0.3 is 10.0 Å². The first-order valence-electron chi connectivity index (χ1n) is 3.62. The second kappa shape index (κ2) is 2.90. The van der Waals surface area contributed by atoms with Gasteiger partial charge in [0.2, 0.25) is 0 Å². The highest BCUT2D eigenvalue weighted by Crippen LogP contribution is 2.12. The van der Waals surface area contributed by atoms with Crippen LogP contribution in [-0.4, -0.2) is 35.0 Å². The van der Waals surface area contributed by atoms with E-state index in [1.807, 2.05) is 6.92 Å². The highest BCUT2D eigenvalue weighted by Gasteiger charge is 2.25. The van der Waals surface area contributed by atoms with E-state index in [-0.39, 0.29) is 18.2 Å². The fourth-order valence-corrected chi connectivity index (χ4v) is 1.10. The monoisotopic (exact) mass is 157 g/mol. The molecule has 0 radical (unpaired) electrons. The van der Waals surface area contributed by atoms with Crippen LogP contribution < -0.4 is 0 Å². The van der Waals surface area contributed by atoms with Crippen molar-refractivity contribution in [3.8, 4) is 0 Å². The Bertz CT molecular complexity index is 190. The molecule has 0 aromatic carbocycles. The molecule has 1 N–H and O–H groups in total. The van der Waals surface area contributed by atoms with Crippen LogP contribution in [0.2, 0.25) is 0 Å². The normalized spacial score (nSPS) is 25.4. The molecule has 4 nitrogen and oxygen atoms in total. The minimum absolute atomic E-state index is 0.0265. The highest BCUT2D eigenvalue weighted by molar-refractivity contribution is 5.86. The Labute approximate surface area is 64.8 Å². The summed E-state index contributed by atoms with van der Waals surface area (Å²) in [5.74, 6) is 0.0595. The van der Waals surface area contributed by atoms with Gasteiger partial charge in [-0.15, -0.1) is 0 Å². The first kappa shape index (κ1) is 8.04. The Morgan fingerprint density at radius 1 is 1.73 bits per heavy atom. The summed E-state index contributed by atoms with van der Waals surface area (Å²) in [6.07, 6.45) is -0.337. The largest absolute Gasteiger partial charge is 0.465 e. The maximum atomic E-state index is 11.0. The van der Waals surface area contributed by atoms with Gasteiger partial charge in [0.1, 0.15) is 0 Å². The molecule has 1 amide bonds. The predicted octanol–water partition coefficient (Wildman–Crippen LogP) is 0.575. The summed E-state index contributed by atoms with van der Waals surface area (Å²) < 4.78 is 0. The molecule has 11 heavy (non-hydrogen) atoms. The van der Waals surface area contributed by atoms with Crippen LogP contribution >= 0.6 is 0 Å². The van der Waals surface area contributed by atoms with Crippen molar-refractivity contribution in [1.82, 2.24) is 4.90 Å². The van der Waals surface area contributed by atoms with Gasteiger partial charge in [0, 0.05) is 12.5 Å². The second-order valence-corrected chi connectivity index (χ2v) is 2.86. The molecule has 0 spiro atoms. The number of Topliss-reactive ketones (excluding diaryl/α,β-unsaturated/α-hetero) is 1. The summed E-state index contributed by atoms with van der Waals surface area (Å²) in [4.78, 5) is 22.5. The number of rotatable bonds is 0.